The standard InChI is InChI=1S/C15H16O9/c16-9(17)6-5-7-3-1-2-4-8(7)23-15-12(20)10(18)11(19)13(24-15)14(21)22/h1-6,10-13,15,18-20H,(H,16,17)(H,21,22). The van der Waals surface area contributed by atoms with Gasteiger partial charge in [-0.3, -0.25) is 0 Å². The van der Waals surface area contributed by atoms with E-state index in [0.29, 0.717) is 5.56 Å². The quantitative estimate of drug-likeness (QED) is 0.427. The van der Waals surface area contributed by atoms with E-state index in [1.54, 1.807) is 12.1 Å². The molecule has 9 heteroatoms. The van der Waals surface area contributed by atoms with Gasteiger partial charge in [0, 0.05) is 11.6 Å². The van der Waals surface area contributed by atoms with Gasteiger partial charge in [0.05, 0.1) is 0 Å². The number of carboxylic acid groups (broad SMARTS) is 2. The van der Waals surface area contributed by atoms with Crippen molar-refractivity contribution in [3.05, 3.63) is 35.9 Å². The number of hydrogen-bond donors (Lipinski definition) is 5. The number of carbonyl (C=O) groups is 2. The third kappa shape index (κ3) is 3.89. The number of aliphatic hydroxyl groups is 3. The molecule has 0 amide bonds. The highest BCUT2D eigenvalue weighted by atomic mass is 16.7. The summed E-state index contributed by atoms with van der Waals surface area (Å²) in [7, 11) is 0. The molecule has 1 aromatic carbocycles. The molecule has 0 bridgehead atoms. The van der Waals surface area contributed by atoms with Crippen molar-refractivity contribution >= 4 is 18.0 Å². The van der Waals surface area contributed by atoms with E-state index in [0.717, 1.165) is 6.08 Å². The molecule has 1 aromatic rings. The number of benzene rings is 1. The van der Waals surface area contributed by atoms with E-state index >= 15 is 0 Å². The topological polar surface area (TPSA) is 154 Å². The van der Waals surface area contributed by atoms with Crippen molar-refractivity contribution < 1.29 is 44.6 Å². The fourth-order valence-electron chi connectivity index (χ4n) is 2.16. The first-order valence-electron chi connectivity index (χ1n) is 6.90. The molecular weight excluding hydrogens is 324 g/mol. The summed E-state index contributed by atoms with van der Waals surface area (Å²) in [5.74, 6) is -2.60. The molecular formula is C15H16O9. The highest BCUT2D eigenvalue weighted by molar-refractivity contribution is 5.85. The molecule has 1 saturated heterocycles. The Labute approximate surface area is 136 Å². The van der Waals surface area contributed by atoms with Gasteiger partial charge in [0.25, 0.3) is 0 Å². The Hall–Kier alpha value is -2.46. The lowest BCUT2D eigenvalue weighted by Gasteiger charge is -2.38. The van der Waals surface area contributed by atoms with Crippen LogP contribution in [0, 0.1) is 0 Å². The van der Waals surface area contributed by atoms with Crippen LogP contribution in [0.15, 0.2) is 30.3 Å². The summed E-state index contributed by atoms with van der Waals surface area (Å²) in [5.41, 5.74) is 0.336. The lowest BCUT2D eigenvalue weighted by Crippen LogP contribution is -2.61. The number of carboxylic acids is 2. The largest absolute Gasteiger partial charge is 0.479 e. The second-order valence-corrected chi connectivity index (χ2v) is 5.06. The van der Waals surface area contributed by atoms with Crippen LogP contribution in [0.1, 0.15) is 5.56 Å². The van der Waals surface area contributed by atoms with Gasteiger partial charge < -0.3 is 35.0 Å². The minimum Gasteiger partial charge on any atom is -0.479 e. The van der Waals surface area contributed by atoms with Crippen molar-refractivity contribution in [3.8, 4) is 5.75 Å². The lowest BCUT2D eigenvalue weighted by atomic mass is 9.99. The van der Waals surface area contributed by atoms with E-state index < -0.39 is 42.6 Å². The molecule has 1 heterocycles. The molecule has 2 rings (SSSR count). The Balaban J connectivity index is 2.23. The van der Waals surface area contributed by atoms with Gasteiger partial charge in [0.2, 0.25) is 6.29 Å². The first kappa shape index (κ1) is 17.9. The average Bonchev–Trinajstić information content (AvgIpc) is 2.54. The Morgan fingerprint density at radius 2 is 1.71 bits per heavy atom. The Morgan fingerprint density at radius 1 is 1.04 bits per heavy atom. The third-order valence-corrected chi connectivity index (χ3v) is 3.38. The third-order valence-electron chi connectivity index (χ3n) is 3.38. The van der Waals surface area contributed by atoms with Crippen LogP contribution < -0.4 is 4.74 Å². The molecule has 5 atom stereocenters. The molecule has 0 aromatic heterocycles. The zero-order valence-corrected chi connectivity index (χ0v) is 12.2. The van der Waals surface area contributed by atoms with Crippen LogP contribution >= 0.6 is 0 Å². The van der Waals surface area contributed by atoms with Crippen LogP contribution in [-0.2, 0) is 14.3 Å². The Bertz CT molecular complexity index is 642. The predicted octanol–water partition coefficient (Wildman–Crippen LogP) is -0.945. The molecule has 1 aliphatic heterocycles. The molecule has 5 unspecified atom stereocenters. The van der Waals surface area contributed by atoms with Crippen molar-refractivity contribution in [2.24, 2.45) is 0 Å². The summed E-state index contributed by atoms with van der Waals surface area (Å²) in [6, 6.07) is 6.17. The molecule has 24 heavy (non-hydrogen) atoms. The van der Waals surface area contributed by atoms with Gasteiger partial charge in [-0.25, -0.2) is 9.59 Å². The molecule has 0 aliphatic carbocycles. The van der Waals surface area contributed by atoms with Gasteiger partial charge in [0.15, 0.2) is 6.10 Å². The van der Waals surface area contributed by atoms with Crippen LogP contribution in [0.5, 0.6) is 5.75 Å². The van der Waals surface area contributed by atoms with Gasteiger partial charge in [-0.15, -0.1) is 0 Å². The van der Waals surface area contributed by atoms with E-state index in [4.69, 9.17) is 19.7 Å². The molecule has 0 saturated carbocycles. The SMILES string of the molecule is O=C(O)C=Cc1ccccc1OC1OC(C(=O)O)C(O)C(O)C1O. The van der Waals surface area contributed by atoms with E-state index in [9.17, 15) is 24.9 Å². The summed E-state index contributed by atoms with van der Waals surface area (Å²) < 4.78 is 10.4. The summed E-state index contributed by atoms with van der Waals surface area (Å²) in [5, 5.41) is 46.9. The lowest BCUT2D eigenvalue weighted by molar-refractivity contribution is -0.271. The number of para-hydroxylation sites is 1. The smallest absolute Gasteiger partial charge is 0.335 e. The van der Waals surface area contributed by atoms with Crippen LogP contribution in [0.2, 0.25) is 0 Å². The van der Waals surface area contributed by atoms with Gasteiger partial charge in [0.1, 0.15) is 24.1 Å². The van der Waals surface area contributed by atoms with Gasteiger partial charge in [-0.2, -0.15) is 0 Å². The Kier molecular flexibility index (Phi) is 5.52. The maximum Gasteiger partial charge on any atom is 0.335 e. The predicted molar refractivity (Wildman–Crippen MR) is 78.1 cm³/mol. The number of aliphatic hydroxyl groups excluding tert-OH is 3. The summed E-state index contributed by atoms with van der Waals surface area (Å²) in [6.45, 7) is 0. The summed E-state index contributed by atoms with van der Waals surface area (Å²) in [6.07, 6.45) is -6.54. The summed E-state index contributed by atoms with van der Waals surface area (Å²) >= 11 is 0. The molecule has 9 nitrogen and oxygen atoms in total. The van der Waals surface area contributed by atoms with Crippen molar-refractivity contribution in [1.82, 2.24) is 0 Å². The maximum absolute atomic E-state index is 11.0. The van der Waals surface area contributed by atoms with E-state index in [-0.39, 0.29) is 5.75 Å². The van der Waals surface area contributed by atoms with Gasteiger partial charge in [-0.05, 0) is 12.1 Å². The van der Waals surface area contributed by atoms with Crippen LogP contribution in [0.3, 0.4) is 0 Å². The molecule has 1 aliphatic rings. The molecule has 130 valence electrons. The first-order chi connectivity index (χ1) is 11.3. The molecule has 0 spiro atoms. The molecule has 0 radical (unpaired) electrons. The Morgan fingerprint density at radius 3 is 2.33 bits per heavy atom. The van der Waals surface area contributed by atoms with Crippen LogP contribution in [-0.4, -0.2) is 68.2 Å². The highest BCUT2D eigenvalue weighted by Crippen LogP contribution is 2.27. The number of aliphatic carboxylic acids is 2. The second kappa shape index (κ2) is 7.41. The zero-order valence-electron chi connectivity index (χ0n) is 12.2. The number of rotatable bonds is 5. The first-order valence-corrected chi connectivity index (χ1v) is 6.90. The van der Waals surface area contributed by atoms with E-state index in [2.05, 4.69) is 0 Å². The minimum atomic E-state index is -1.82. The van der Waals surface area contributed by atoms with Crippen molar-refractivity contribution in [1.29, 1.82) is 0 Å². The van der Waals surface area contributed by atoms with E-state index in [1.807, 2.05) is 0 Å². The molecule has 1 fully saturated rings. The fourth-order valence-corrected chi connectivity index (χ4v) is 2.16. The monoisotopic (exact) mass is 340 g/mol. The van der Waals surface area contributed by atoms with E-state index in [1.165, 1.54) is 18.2 Å². The molecule has 5 N–H and O–H groups in total. The van der Waals surface area contributed by atoms with Crippen molar-refractivity contribution in [3.63, 3.8) is 0 Å². The normalized spacial score (nSPS) is 30.2. The highest BCUT2D eigenvalue weighted by Gasteiger charge is 2.48. The maximum atomic E-state index is 11.0. The van der Waals surface area contributed by atoms with Crippen molar-refractivity contribution in [2.75, 3.05) is 0 Å². The number of ether oxygens (including phenoxy) is 2. The van der Waals surface area contributed by atoms with Crippen LogP contribution in [0.25, 0.3) is 6.08 Å². The minimum absolute atomic E-state index is 0.103. The fraction of sp³-hybridized carbons (Fsp3) is 0.333. The van der Waals surface area contributed by atoms with Crippen molar-refractivity contribution in [2.45, 2.75) is 30.7 Å². The second-order valence-electron chi connectivity index (χ2n) is 5.06. The van der Waals surface area contributed by atoms with Gasteiger partial charge >= 0.3 is 11.9 Å². The van der Waals surface area contributed by atoms with Gasteiger partial charge in [-0.1, -0.05) is 18.2 Å². The van der Waals surface area contributed by atoms with Crippen LogP contribution in [0.4, 0.5) is 0 Å². The summed E-state index contributed by atoms with van der Waals surface area (Å²) in [4.78, 5) is 21.7. The average molecular weight is 340 g/mol. The zero-order chi connectivity index (χ0) is 17.9. The number of hydrogen-bond acceptors (Lipinski definition) is 7.